The van der Waals surface area contributed by atoms with E-state index in [9.17, 15) is 0 Å². The monoisotopic (exact) mass is 361 g/mol. The van der Waals surface area contributed by atoms with Crippen LogP contribution >= 0.6 is 10.0 Å². The number of para-hydroxylation sites is 2. The molecule has 0 amide bonds. The lowest BCUT2D eigenvalue weighted by Crippen LogP contribution is -2.24. The maximum atomic E-state index is 2.49. The van der Waals surface area contributed by atoms with Gasteiger partial charge in [0.2, 0.25) is 0 Å². The first-order valence-corrected chi connectivity index (χ1v) is 11.6. The Bertz CT molecular complexity index is 856. The summed E-state index contributed by atoms with van der Waals surface area (Å²) in [5.74, 6) is 2.38. The largest absolute Gasteiger partial charge is 0.340 e. The minimum atomic E-state index is -1.02. The van der Waals surface area contributed by atoms with E-state index < -0.39 is 10.0 Å². The Kier molecular flexibility index (Phi) is 4.54. The topological polar surface area (TPSA) is 3.24 Å². The van der Waals surface area contributed by atoms with E-state index in [0.29, 0.717) is 0 Å². The second kappa shape index (κ2) is 6.85. The van der Waals surface area contributed by atoms with Crippen molar-refractivity contribution in [1.29, 1.82) is 0 Å². The fourth-order valence-corrected chi connectivity index (χ4v) is 8.76. The Labute approximate surface area is 159 Å². The number of hydrogen-bond donors (Lipinski definition) is 0. The molecule has 0 saturated heterocycles. The van der Waals surface area contributed by atoms with Gasteiger partial charge in [0.15, 0.2) is 0 Å². The van der Waals surface area contributed by atoms with Gasteiger partial charge in [0.05, 0.1) is 11.4 Å². The van der Waals surface area contributed by atoms with E-state index in [1.165, 1.54) is 22.9 Å². The van der Waals surface area contributed by atoms with Gasteiger partial charge in [-0.2, -0.15) is 10.0 Å². The van der Waals surface area contributed by atoms with Crippen molar-refractivity contribution in [3.63, 3.8) is 0 Å². The van der Waals surface area contributed by atoms with Gasteiger partial charge < -0.3 is 4.90 Å². The smallest absolute Gasteiger partial charge is 0.0537 e. The third-order valence-electron chi connectivity index (χ3n) is 5.39. The van der Waals surface area contributed by atoms with Crippen LogP contribution in [0.3, 0.4) is 0 Å². The molecule has 0 unspecified atom stereocenters. The molecule has 3 aromatic rings. The maximum Gasteiger partial charge on any atom is 0.0537 e. The molecule has 0 aromatic heterocycles. The van der Waals surface area contributed by atoms with Crippen molar-refractivity contribution in [2.45, 2.75) is 42.1 Å². The van der Waals surface area contributed by atoms with Gasteiger partial charge in [0.1, 0.15) is 0 Å². The molecule has 0 saturated carbocycles. The second-order valence-electron chi connectivity index (χ2n) is 6.62. The van der Waals surface area contributed by atoms with Crippen LogP contribution in [-0.2, 0) is 11.5 Å². The average molecular weight is 362 g/mol. The van der Waals surface area contributed by atoms with Crippen molar-refractivity contribution >= 4 is 21.4 Å². The highest BCUT2D eigenvalue weighted by atomic mass is 32.3. The molecule has 2 heteroatoms. The Morgan fingerprint density at radius 1 is 0.692 bits per heavy atom. The van der Waals surface area contributed by atoms with E-state index in [4.69, 9.17) is 0 Å². The summed E-state index contributed by atoms with van der Waals surface area (Å²) in [6, 6.07) is 27.2. The van der Waals surface area contributed by atoms with Crippen LogP contribution in [-0.4, -0.2) is 6.54 Å². The molecule has 134 valence electrons. The summed E-state index contributed by atoms with van der Waals surface area (Å²) >= 11 is 0. The van der Waals surface area contributed by atoms with Crippen LogP contribution < -0.4 is 4.90 Å². The molecule has 0 atom stereocenters. The molecule has 2 aliphatic rings. The summed E-state index contributed by atoms with van der Waals surface area (Å²) in [5.41, 5.74) is 5.92. The third kappa shape index (κ3) is 2.39. The van der Waals surface area contributed by atoms with E-state index in [2.05, 4.69) is 84.6 Å². The number of nitrogens with zero attached hydrogens (tertiary/aromatic N) is 1. The average Bonchev–Trinajstić information content (AvgIpc) is 3.10. The van der Waals surface area contributed by atoms with Gasteiger partial charge in [-0.15, -0.1) is 0 Å². The standard InChI is InChI=1S/C22H21NS.C2H6/c1-2-23-19-11-5-7-13-21(19)24(22-14-8-6-12-20(22)23)15-17-9-3-4-10-18(17)16-24;1-2/h3-14H,2,15-16H2,1H3;1-2H3. The molecule has 0 fully saturated rings. The Morgan fingerprint density at radius 2 is 1.12 bits per heavy atom. The normalized spacial score (nSPS) is 16.8. The summed E-state index contributed by atoms with van der Waals surface area (Å²) in [6.45, 7) is 7.26. The van der Waals surface area contributed by atoms with E-state index >= 15 is 0 Å². The van der Waals surface area contributed by atoms with Crippen molar-refractivity contribution in [1.82, 2.24) is 0 Å². The van der Waals surface area contributed by atoms with Gasteiger partial charge in [0, 0.05) is 27.8 Å². The molecule has 2 aliphatic heterocycles. The lowest BCUT2D eigenvalue weighted by molar-refractivity contribution is 0.969. The fraction of sp³-hybridized carbons (Fsp3) is 0.250. The molecule has 1 spiro atoms. The number of rotatable bonds is 1. The lowest BCUT2D eigenvalue weighted by atomic mass is 10.1. The number of benzene rings is 3. The predicted molar refractivity (Wildman–Crippen MR) is 115 cm³/mol. The SMILES string of the molecule is CC.CCN1c2ccccc2S2(Cc3ccccc3C2)c2ccccc21. The lowest BCUT2D eigenvalue weighted by Gasteiger charge is -2.47. The molecule has 0 aliphatic carbocycles. The first-order chi connectivity index (χ1) is 12.8. The van der Waals surface area contributed by atoms with Crippen LogP contribution in [0.25, 0.3) is 0 Å². The fourth-order valence-electron chi connectivity index (χ4n) is 4.34. The maximum absolute atomic E-state index is 2.49. The summed E-state index contributed by atoms with van der Waals surface area (Å²) in [7, 11) is -1.02. The second-order valence-corrected chi connectivity index (χ2v) is 9.84. The van der Waals surface area contributed by atoms with E-state index in [-0.39, 0.29) is 0 Å². The van der Waals surface area contributed by atoms with Crippen LogP contribution in [0.5, 0.6) is 0 Å². The van der Waals surface area contributed by atoms with Gasteiger partial charge in [-0.25, -0.2) is 0 Å². The third-order valence-corrected chi connectivity index (χ3v) is 9.37. The summed E-state index contributed by atoms with van der Waals surface area (Å²) in [4.78, 5) is 5.63. The zero-order valence-corrected chi connectivity index (χ0v) is 16.7. The molecular weight excluding hydrogens is 334 g/mol. The molecule has 5 rings (SSSR count). The Hall–Kier alpha value is -2.19. The molecule has 3 aromatic carbocycles. The quantitative estimate of drug-likeness (QED) is 0.446. The Morgan fingerprint density at radius 3 is 1.58 bits per heavy atom. The molecule has 1 nitrogen and oxygen atoms in total. The molecular formula is C24H27NS. The van der Waals surface area contributed by atoms with E-state index in [1.54, 1.807) is 20.9 Å². The van der Waals surface area contributed by atoms with Crippen molar-refractivity contribution in [3.8, 4) is 0 Å². The highest BCUT2D eigenvalue weighted by Gasteiger charge is 2.42. The van der Waals surface area contributed by atoms with Crippen molar-refractivity contribution < 1.29 is 0 Å². The first kappa shape index (κ1) is 17.2. The van der Waals surface area contributed by atoms with Crippen LogP contribution in [0, 0.1) is 0 Å². The van der Waals surface area contributed by atoms with Crippen molar-refractivity contribution in [2.24, 2.45) is 0 Å². The molecule has 0 radical (unpaired) electrons. The van der Waals surface area contributed by atoms with Gasteiger partial charge in [-0.1, -0.05) is 62.4 Å². The van der Waals surface area contributed by atoms with Crippen LogP contribution in [0.2, 0.25) is 0 Å². The zero-order chi connectivity index (χ0) is 18.1. The number of hydrogen-bond acceptors (Lipinski definition) is 1. The van der Waals surface area contributed by atoms with Gasteiger partial charge in [-0.05, 0) is 42.3 Å². The first-order valence-electron chi connectivity index (χ1n) is 9.65. The van der Waals surface area contributed by atoms with Gasteiger partial charge in [0.25, 0.3) is 0 Å². The number of anilines is 2. The van der Waals surface area contributed by atoms with Crippen LogP contribution in [0.1, 0.15) is 31.9 Å². The molecule has 0 N–H and O–H groups in total. The number of fused-ring (bicyclic) bond motifs is 5. The van der Waals surface area contributed by atoms with Crippen molar-refractivity contribution in [3.05, 3.63) is 83.9 Å². The highest BCUT2D eigenvalue weighted by Crippen LogP contribution is 2.76. The molecule has 26 heavy (non-hydrogen) atoms. The highest BCUT2D eigenvalue weighted by molar-refractivity contribution is 8.33. The van der Waals surface area contributed by atoms with E-state index in [0.717, 1.165) is 6.54 Å². The molecule has 0 bridgehead atoms. The van der Waals surface area contributed by atoms with Crippen LogP contribution in [0.4, 0.5) is 11.4 Å². The van der Waals surface area contributed by atoms with Gasteiger partial charge >= 0.3 is 0 Å². The minimum Gasteiger partial charge on any atom is -0.340 e. The summed E-state index contributed by atoms with van der Waals surface area (Å²) in [5, 5.41) is 0. The van der Waals surface area contributed by atoms with Crippen molar-refractivity contribution in [2.75, 3.05) is 11.4 Å². The van der Waals surface area contributed by atoms with Gasteiger partial charge in [-0.3, -0.25) is 0 Å². The summed E-state index contributed by atoms with van der Waals surface area (Å²) < 4.78 is 0. The predicted octanol–water partition coefficient (Wildman–Crippen LogP) is 7.12. The molecule has 2 heterocycles. The minimum absolute atomic E-state index is 1.01. The zero-order valence-electron chi connectivity index (χ0n) is 15.9. The Balaban J connectivity index is 0.000000814. The van der Waals surface area contributed by atoms with E-state index in [1.807, 2.05) is 13.8 Å². The summed E-state index contributed by atoms with van der Waals surface area (Å²) in [6.07, 6.45) is 0. The van der Waals surface area contributed by atoms with Crippen LogP contribution in [0.15, 0.2) is 82.6 Å².